The van der Waals surface area contributed by atoms with Crippen LogP contribution in [-0.2, 0) is 19.6 Å². The van der Waals surface area contributed by atoms with Crippen molar-refractivity contribution in [1.29, 1.82) is 0 Å². The van der Waals surface area contributed by atoms with E-state index in [2.05, 4.69) is 5.10 Å². The predicted octanol–water partition coefficient (Wildman–Crippen LogP) is 2.20. The standard InChI is InChI=1S/C21H21FN4O3/c1-3-24-19(12-27)23-26(21(24)29)18-10-14-8-9-25(17-7-5-4-6-13(17)2)20(28)15(14)11-16(18)22/h4-7,10-11,27H,3,8-9,12H2,1-2H3. The van der Waals surface area contributed by atoms with Gasteiger partial charge in [-0.15, -0.1) is 5.10 Å². The van der Waals surface area contributed by atoms with Gasteiger partial charge in [0.05, 0.1) is 0 Å². The first-order chi connectivity index (χ1) is 14.0. The van der Waals surface area contributed by atoms with Crippen molar-refractivity contribution in [2.75, 3.05) is 11.4 Å². The van der Waals surface area contributed by atoms with Crippen LogP contribution < -0.4 is 10.6 Å². The molecule has 29 heavy (non-hydrogen) atoms. The van der Waals surface area contributed by atoms with Gasteiger partial charge in [-0.25, -0.2) is 9.18 Å². The number of halogens is 1. The third-order valence-corrected chi connectivity index (χ3v) is 5.28. The van der Waals surface area contributed by atoms with Crippen molar-refractivity contribution in [1.82, 2.24) is 14.3 Å². The molecule has 1 aromatic heterocycles. The SMILES string of the molecule is CCn1c(CO)nn(-c2cc3c(cc2F)C(=O)N(c2ccccc2C)CC3)c1=O. The minimum atomic E-state index is -0.712. The zero-order valence-corrected chi connectivity index (χ0v) is 16.2. The second kappa shape index (κ2) is 7.29. The lowest BCUT2D eigenvalue weighted by Crippen LogP contribution is -2.38. The normalized spacial score (nSPS) is 13.7. The molecule has 0 saturated heterocycles. The largest absolute Gasteiger partial charge is 0.388 e. The second-order valence-corrected chi connectivity index (χ2v) is 6.97. The van der Waals surface area contributed by atoms with Crippen LogP contribution in [-0.4, -0.2) is 31.9 Å². The lowest BCUT2D eigenvalue weighted by molar-refractivity contribution is 0.0980. The summed E-state index contributed by atoms with van der Waals surface area (Å²) in [6, 6.07) is 10.2. The van der Waals surface area contributed by atoms with Crippen LogP contribution in [0.5, 0.6) is 0 Å². The van der Waals surface area contributed by atoms with Crippen molar-refractivity contribution in [2.45, 2.75) is 33.4 Å². The Hall–Kier alpha value is -3.26. The summed E-state index contributed by atoms with van der Waals surface area (Å²) in [5, 5.41) is 13.5. The topological polar surface area (TPSA) is 80.4 Å². The molecule has 1 aliphatic rings. The van der Waals surface area contributed by atoms with Crippen LogP contribution in [0.1, 0.15) is 34.2 Å². The van der Waals surface area contributed by atoms with Crippen molar-refractivity contribution in [3.8, 4) is 5.69 Å². The van der Waals surface area contributed by atoms with E-state index in [0.29, 0.717) is 25.1 Å². The van der Waals surface area contributed by atoms with Crippen LogP contribution in [0.3, 0.4) is 0 Å². The number of hydrogen-bond acceptors (Lipinski definition) is 4. The fourth-order valence-electron chi connectivity index (χ4n) is 3.78. The van der Waals surface area contributed by atoms with E-state index in [1.165, 1.54) is 16.7 Å². The van der Waals surface area contributed by atoms with Gasteiger partial charge in [0.1, 0.15) is 18.1 Å². The van der Waals surface area contributed by atoms with Gasteiger partial charge in [-0.3, -0.25) is 9.36 Å². The van der Waals surface area contributed by atoms with E-state index in [1.54, 1.807) is 11.8 Å². The van der Waals surface area contributed by atoms with Crippen LogP contribution in [0.4, 0.5) is 10.1 Å². The van der Waals surface area contributed by atoms with Crippen molar-refractivity contribution < 1.29 is 14.3 Å². The van der Waals surface area contributed by atoms with Gasteiger partial charge in [0.2, 0.25) is 0 Å². The first-order valence-electron chi connectivity index (χ1n) is 9.46. The average Bonchev–Trinajstić information content (AvgIpc) is 3.04. The Morgan fingerprint density at radius 3 is 2.59 bits per heavy atom. The van der Waals surface area contributed by atoms with Gasteiger partial charge < -0.3 is 10.0 Å². The molecule has 0 spiro atoms. The fraction of sp³-hybridized carbons (Fsp3) is 0.286. The highest BCUT2D eigenvalue weighted by Gasteiger charge is 2.29. The third kappa shape index (κ3) is 3.05. The molecule has 0 atom stereocenters. The molecule has 2 heterocycles. The van der Waals surface area contributed by atoms with Gasteiger partial charge in [0.15, 0.2) is 5.82 Å². The monoisotopic (exact) mass is 396 g/mol. The molecule has 4 rings (SSSR count). The summed E-state index contributed by atoms with van der Waals surface area (Å²) in [6.45, 7) is 4.02. The van der Waals surface area contributed by atoms with Crippen molar-refractivity contribution in [2.24, 2.45) is 0 Å². The molecule has 2 aromatic carbocycles. The summed E-state index contributed by atoms with van der Waals surface area (Å²) < 4.78 is 17.2. The molecule has 0 saturated carbocycles. The number of benzene rings is 2. The Bertz CT molecular complexity index is 1170. The molecular formula is C21H21FN4O3. The van der Waals surface area contributed by atoms with Crippen LogP contribution in [0, 0.1) is 12.7 Å². The lowest BCUT2D eigenvalue weighted by atomic mass is 9.97. The minimum absolute atomic E-state index is 0.0206. The van der Waals surface area contributed by atoms with Gasteiger partial charge in [-0.2, -0.15) is 4.68 Å². The maximum Gasteiger partial charge on any atom is 0.350 e. The Morgan fingerprint density at radius 2 is 1.93 bits per heavy atom. The molecule has 1 amide bonds. The van der Waals surface area contributed by atoms with E-state index in [0.717, 1.165) is 15.9 Å². The molecule has 1 aliphatic heterocycles. The summed E-state index contributed by atoms with van der Waals surface area (Å²) in [6.07, 6.45) is 0.527. The van der Waals surface area contributed by atoms with Crippen molar-refractivity contribution in [3.63, 3.8) is 0 Å². The number of nitrogens with zero attached hydrogens (tertiary/aromatic N) is 4. The number of aliphatic hydroxyl groups is 1. The number of amides is 1. The van der Waals surface area contributed by atoms with Crippen LogP contribution in [0.15, 0.2) is 41.2 Å². The maximum absolute atomic E-state index is 14.9. The van der Waals surface area contributed by atoms with E-state index in [4.69, 9.17) is 0 Å². The molecule has 0 bridgehead atoms. The molecule has 1 N–H and O–H groups in total. The van der Waals surface area contributed by atoms with Crippen LogP contribution in [0.2, 0.25) is 0 Å². The Kier molecular flexibility index (Phi) is 4.79. The Morgan fingerprint density at radius 1 is 1.17 bits per heavy atom. The zero-order chi connectivity index (χ0) is 20.7. The number of aryl methyl sites for hydroxylation is 1. The smallest absolute Gasteiger partial charge is 0.350 e. The number of hydrogen-bond donors (Lipinski definition) is 1. The molecule has 0 aliphatic carbocycles. The number of aromatic nitrogens is 3. The highest BCUT2D eigenvalue weighted by Crippen LogP contribution is 2.29. The number of rotatable bonds is 4. The van der Waals surface area contributed by atoms with E-state index in [-0.39, 0.29) is 23.0 Å². The molecule has 0 fully saturated rings. The highest BCUT2D eigenvalue weighted by atomic mass is 19.1. The number of para-hydroxylation sites is 1. The molecule has 150 valence electrons. The summed E-state index contributed by atoms with van der Waals surface area (Å²) in [5.41, 5.74) is 2.17. The number of aliphatic hydroxyl groups excluding tert-OH is 1. The van der Waals surface area contributed by atoms with E-state index in [9.17, 15) is 19.1 Å². The van der Waals surface area contributed by atoms with E-state index < -0.39 is 18.1 Å². The minimum Gasteiger partial charge on any atom is -0.388 e. The Balaban J connectivity index is 1.78. The summed E-state index contributed by atoms with van der Waals surface area (Å²) >= 11 is 0. The zero-order valence-electron chi connectivity index (χ0n) is 16.2. The molecule has 3 aromatic rings. The van der Waals surface area contributed by atoms with Gasteiger partial charge in [0, 0.05) is 24.3 Å². The fourth-order valence-corrected chi connectivity index (χ4v) is 3.78. The first-order valence-corrected chi connectivity index (χ1v) is 9.46. The molecule has 8 heteroatoms. The quantitative estimate of drug-likeness (QED) is 0.733. The highest BCUT2D eigenvalue weighted by molar-refractivity contribution is 6.08. The average molecular weight is 396 g/mol. The first kappa shape index (κ1) is 19.1. The summed E-state index contributed by atoms with van der Waals surface area (Å²) in [4.78, 5) is 27.2. The van der Waals surface area contributed by atoms with E-state index >= 15 is 0 Å². The number of anilines is 1. The molecule has 0 radical (unpaired) electrons. The van der Waals surface area contributed by atoms with Crippen LogP contribution >= 0.6 is 0 Å². The maximum atomic E-state index is 14.9. The third-order valence-electron chi connectivity index (χ3n) is 5.28. The summed E-state index contributed by atoms with van der Waals surface area (Å²) in [7, 11) is 0. The number of carbonyl (C=O) groups excluding carboxylic acids is 1. The van der Waals surface area contributed by atoms with Gasteiger partial charge >= 0.3 is 5.69 Å². The van der Waals surface area contributed by atoms with E-state index in [1.807, 2.05) is 31.2 Å². The summed E-state index contributed by atoms with van der Waals surface area (Å²) in [5.74, 6) is -0.819. The van der Waals surface area contributed by atoms with Crippen molar-refractivity contribution >= 4 is 11.6 Å². The molecule has 0 unspecified atom stereocenters. The molecule has 7 nitrogen and oxygen atoms in total. The van der Waals surface area contributed by atoms with Crippen LogP contribution in [0.25, 0.3) is 5.69 Å². The molecular weight excluding hydrogens is 375 g/mol. The van der Waals surface area contributed by atoms with Gasteiger partial charge in [0.25, 0.3) is 5.91 Å². The van der Waals surface area contributed by atoms with Gasteiger partial charge in [-0.05, 0) is 49.6 Å². The van der Waals surface area contributed by atoms with Crippen molar-refractivity contribution in [3.05, 3.63) is 75.2 Å². The predicted molar refractivity (Wildman–Crippen MR) is 106 cm³/mol. The second-order valence-electron chi connectivity index (χ2n) is 6.97. The number of fused-ring (bicyclic) bond motifs is 1. The number of carbonyl (C=O) groups is 1. The lowest BCUT2D eigenvalue weighted by Gasteiger charge is -2.30. The Labute approximate surface area is 166 Å². The van der Waals surface area contributed by atoms with Gasteiger partial charge in [-0.1, -0.05) is 18.2 Å².